The summed E-state index contributed by atoms with van der Waals surface area (Å²) in [5, 5.41) is 7.06. The number of ether oxygens (including phenoxy) is 1. The fourth-order valence-corrected chi connectivity index (χ4v) is 5.51. The summed E-state index contributed by atoms with van der Waals surface area (Å²) in [6, 6.07) is 14.6. The number of benzene rings is 2. The number of aryl methyl sites for hydroxylation is 1. The highest BCUT2D eigenvalue weighted by Gasteiger charge is 2.29. The highest BCUT2D eigenvalue weighted by atomic mass is 35.5. The van der Waals surface area contributed by atoms with Gasteiger partial charge in [0.25, 0.3) is 11.8 Å². The molecule has 2 N–H and O–H groups in total. The van der Waals surface area contributed by atoms with Crippen LogP contribution < -0.4 is 15.4 Å². The van der Waals surface area contributed by atoms with Gasteiger partial charge in [0.05, 0.1) is 5.56 Å². The first-order valence-electron chi connectivity index (χ1n) is 11.1. The number of anilines is 2. The Morgan fingerprint density at radius 3 is 2.64 bits per heavy atom. The van der Waals surface area contributed by atoms with Gasteiger partial charge < -0.3 is 15.4 Å². The van der Waals surface area contributed by atoms with Crippen molar-refractivity contribution in [2.75, 3.05) is 10.6 Å². The number of rotatable bonds is 6. The van der Waals surface area contributed by atoms with Crippen molar-refractivity contribution in [2.24, 2.45) is 5.92 Å². The standard InChI is InChI=1S/C26H27ClN2O3S/c1-15-7-10-19(11-8-15)28-25(31)23-21-12-9-16(2)13-22(21)33-26(23)29-24(30)17(3)32-20-6-4-5-18(27)14-20/h4-8,10-11,14,16-17H,9,12-13H2,1-3H3,(H,28,31)(H,29,30). The molecule has 0 aliphatic heterocycles. The minimum atomic E-state index is -0.755. The lowest BCUT2D eigenvalue weighted by Crippen LogP contribution is -2.30. The van der Waals surface area contributed by atoms with Gasteiger partial charge in [0.1, 0.15) is 10.8 Å². The minimum Gasteiger partial charge on any atom is -0.481 e. The summed E-state index contributed by atoms with van der Waals surface area (Å²) in [5.41, 5.74) is 3.45. The molecule has 2 unspecified atom stereocenters. The van der Waals surface area contributed by atoms with Gasteiger partial charge in [-0.05, 0) is 74.9 Å². The zero-order chi connectivity index (χ0) is 23.5. The Morgan fingerprint density at radius 2 is 1.91 bits per heavy atom. The van der Waals surface area contributed by atoms with E-state index in [4.69, 9.17) is 16.3 Å². The van der Waals surface area contributed by atoms with E-state index in [0.717, 1.165) is 36.1 Å². The molecule has 0 saturated carbocycles. The molecular weight excluding hydrogens is 456 g/mol. The van der Waals surface area contributed by atoms with E-state index in [1.807, 2.05) is 31.2 Å². The van der Waals surface area contributed by atoms with Gasteiger partial charge in [-0.15, -0.1) is 11.3 Å². The van der Waals surface area contributed by atoms with Crippen LogP contribution in [0.1, 0.15) is 46.6 Å². The van der Waals surface area contributed by atoms with E-state index in [9.17, 15) is 9.59 Å². The van der Waals surface area contributed by atoms with Crippen LogP contribution in [-0.4, -0.2) is 17.9 Å². The lowest BCUT2D eigenvalue weighted by atomic mass is 9.88. The minimum absolute atomic E-state index is 0.204. The number of thiophene rings is 1. The molecule has 4 rings (SSSR count). The number of nitrogens with one attached hydrogen (secondary N) is 2. The number of hydrogen-bond donors (Lipinski definition) is 2. The van der Waals surface area contributed by atoms with E-state index >= 15 is 0 Å². The number of fused-ring (bicyclic) bond motifs is 1. The predicted molar refractivity (Wildman–Crippen MR) is 135 cm³/mol. The fourth-order valence-electron chi connectivity index (χ4n) is 3.92. The molecule has 1 aromatic heterocycles. The van der Waals surface area contributed by atoms with Crippen LogP contribution in [0, 0.1) is 12.8 Å². The maximum Gasteiger partial charge on any atom is 0.265 e. The Kier molecular flexibility index (Phi) is 7.05. The third-order valence-electron chi connectivity index (χ3n) is 5.76. The predicted octanol–water partition coefficient (Wildman–Crippen LogP) is 6.49. The largest absolute Gasteiger partial charge is 0.481 e. The van der Waals surface area contributed by atoms with Crippen LogP contribution in [-0.2, 0) is 17.6 Å². The van der Waals surface area contributed by atoms with Crippen molar-refractivity contribution in [3.8, 4) is 5.75 Å². The molecule has 3 aromatic rings. The highest BCUT2D eigenvalue weighted by Crippen LogP contribution is 2.40. The van der Waals surface area contributed by atoms with E-state index in [2.05, 4.69) is 17.6 Å². The Labute approximate surface area is 203 Å². The van der Waals surface area contributed by atoms with Crippen LogP contribution in [0.4, 0.5) is 10.7 Å². The molecule has 2 aromatic carbocycles. The van der Waals surface area contributed by atoms with Gasteiger partial charge in [-0.3, -0.25) is 9.59 Å². The molecule has 2 atom stereocenters. The molecule has 1 aliphatic carbocycles. The average molecular weight is 483 g/mol. The summed E-state index contributed by atoms with van der Waals surface area (Å²) in [5.74, 6) is 0.551. The van der Waals surface area contributed by atoms with Crippen molar-refractivity contribution >= 4 is 45.4 Å². The van der Waals surface area contributed by atoms with Crippen molar-refractivity contribution < 1.29 is 14.3 Å². The van der Waals surface area contributed by atoms with Gasteiger partial charge in [0.2, 0.25) is 0 Å². The molecular formula is C26H27ClN2O3S. The summed E-state index contributed by atoms with van der Waals surface area (Å²) >= 11 is 7.51. The quantitative estimate of drug-likeness (QED) is 0.421. The van der Waals surface area contributed by atoms with Crippen molar-refractivity contribution in [3.63, 3.8) is 0 Å². The van der Waals surface area contributed by atoms with Gasteiger partial charge >= 0.3 is 0 Å². The summed E-state index contributed by atoms with van der Waals surface area (Å²) in [4.78, 5) is 27.4. The first-order valence-corrected chi connectivity index (χ1v) is 12.2. The van der Waals surface area contributed by atoms with Crippen LogP contribution >= 0.6 is 22.9 Å². The summed E-state index contributed by atoms with van der Waals surface area (Å²) in [6.07, 6.45) is 2.01. The number of carbonyl (C=O) groups excluding carboxylic acids is 2. The molecule has 1 heterocycles. The lowest BCUT2D eigenvalue weighted by molar-refractivity contribution is -0.122. The van der Waals surface area contributed by atoms with Crippen LogP contribution in [0.2, 0.25) is 5.02 Å². The first-order chi connectivity index (χ1) is 15.8. The smallest absolute Gasteiger partial charge is 0.265 e. The molecule has 172 valence electrons. The molecule has 0 saturated heterocycles. The maximum absolute atomic E-state index is 13.3. The Bertz CT molecular complexity index is 1170. The second kappa shape index (κ2) is 9.98. The van der Waals surface area contributed by atoms with E-state index in [0.29, 0.717) is 27.3 Å². The molecule has 5 nitrogen and oxygen atoms in total. The molecule has 33 heavy (non-hydrogen) atoms. The van der Waals surface area contributed by atoms with Crippen LogP contribution in [0.3, 0.4) is 0 Å². The summed E-state index contributed by atoms with van der Waals surface area (Å²) < 4.78 is 5.76. The van der Waals surface area contributed by atoms with E-state index in [1.54, 1.807) is 31.2 Å². The molecule has 1 aliphatic rings. The Hall–Kier alpha value is -2.83. The van der Waals surface area contributed by atoms with Crippen LogP contribution in [0.5, 0.6) is 5.75 Å². The topological polar surface area (TPSA) is 67.4 Å². The molecule has 7 heteroatoms. The summed E-state index contributed by atoms with van der Waals surface area (Å²) in [6.45, 7) is 5.90. The summed E-state index contributed by atoms with van der Waals surface area (Å²) in [7, 11) is 0. The van der Waals surface area contributed by atoms with Crippen LogP contribution in [0.25, 0.3) is 0 Å². The zero-order valence-electron chi connectivity index (χ0n) is 18.9. The van der Waals surface area contributed by atoms with Gasteiger partial charge in [0, 0.05) is 15.6 Å². The van der Waals surface area contributed by atoms with Crippen molar-refractivity contribution in [1.29, 1.82) is 0 Å². The lowest BCUT2D eigenvalue weighted by Gasteiger charge is -2.19. The van der Waals surface area contributed by atoms with Gasteiger partial charge in [0.15, 0.2) is 6.10 Å². The zero-order valence-corrected chi connectivity index (χ0v) is 20.5. The number of carbonyl (C=O) groups is 2. The number of amides is 2. The van der Waals surface area contributed by atoms with Gasteiger partial charge in [-0.25, -0.2) is 0 Å². The number of halogens is 1. The highest BCUT2D eigenvalue weighted by molar-refractivity contribution is 7.17. The maximum atomic E-state index is 13.3. The third kappa shape index (κ3) is 5.57. The molecule has 0 bridgehead atoms. The third-order valence-corrected chi connectivity index (χ3v) is 7.17. The Balaban J connectivity index is 1.57. The second-order valence-corrected chi connectivity index (χ2v) is 10.1. The fraction of sp³-hybridized carbons (Fsp3) is 0.308. The number of hydrogen-bond acceptors (Lipinski definition) is 4. The monoisotopic (exact) mass is 482 g/mol. The molecule has 2 amide bonds. The van der Waals surface area contributed by atoms with E-state index in [-0.39, 0.29) is 11.8 Å². The first kappa shape index (κ1) is 23.3. The Morgan fingerprint density at radius 1 is 1.15 bits per heavy atom. The van der Waals surface area contributed by atoms with Crippen molar-refractivity contribution in [3.05, 3.63) is 75.1 Å². The van der Waals surface area contributed by atoms with Crippen LogP contribution in [0.15, 0.2) is 48.5 Å². The second-order valence-electron chi connectivity index (χ2n) is 8.58. The van der Waals surface area contributed by atoms with Gasteiger partial charge in [-0.1, -0.05) is 42.3 Å². The van der Waals surface area contributed by atoms with Crippen molar-refractivity contribution in [1.82, 2.24) is 0 Å². The van der Waals surface area contributed by atoms with Crippen molar-refractivity contribution in [2.45, 2.75) is 46.1 Å². The SMILES string of the molecule is Cc1ccc(NC(=O)c2c(NC(=O)C(C)Oc3cccc(Cl)c3)sc3c2CCC(C)C3)cc1. The molecule has 0 fully saturated rings. The van der Waals surface area contributed by atoms with E-state index in [1.165, 1.54) is 16.2 Å². The van der Waals surface area contributed by atoms with Gasteiger partial charge in [-0.2, -0.15) is 0 Å². The normalized spacial score (nSPS) is 15.9. The van der Waals surface area contributed by atoms with E-state index < -0.39 is 6.10 Å². The molecule has 0 radical (unpaired) electrons. The molecule has 0 spiro atoms. The average Bonchev–Trinajstić information content (AvgIpc) is 3.12.